The lowest BCUT2D eigenvalue weighted by Gasteiger charge is -2.20. The normalized spacial score (nSPS) is 10.4. The number of aryl methyl sites for hydroxylation is 2. The lowest BCUT2D eigenvalue weighted by atomic mass is 10.1. The highest BCUT2D eigenvalue weighted by atomic mass is 16.2. The summed E-state index contributed by atoms with van der Waals surface area (Å²) in [6, 6.07) is 19.5. The molecule has 0 fully saturated rings. The van der Waals surface area contributed by atoms with Crippen molar-refractivity contribution in [2.24, 2.45) is 0 Å². The minimum atomic E-state index is -0.109. The van der Waals surface area contributed by atoms with Gasteiger partial charge >= 0.3 is 0 Å². The van der Waals surface area contributed by atoms with Crippen LogP contribution in [0.3, 0.4) is 0 Å². The van der Waals surface area contributed by atoms with Gasteiger partial charge in [-0.25, -0.2) is 0 Å². The van der Waals surface area contributed by atoms with Gasteiger partial charge in [0.1, 0.15) is 5.69 Å². The summed E-state index contributed by atoms with van der Waals surface area (Å²) in [6.07, 6.45) is 1.66. The Hall–Kier alpha value is -3.14. The number of pyridine rings is 1. The fourth-order valence-corrected chi connectivity index (χ4v) is 2.80. The molecule has 2 aromatic carbocycles. The maximum Gasteiger partial charge on any atom is 0.276 e. The third-order valence-electron chi connectivity index (χ3n) is 4.40. The van der Waals surface area contributed by atoms with E-state index in [4.69, 9.17) is 0 Å². The average Bonchev–Trinajstić information content (AvgIpc) is 2.66. The van der Waals surface area contributed by atoms with E-state index in [0.29, 0.717) is 12.2 Å². The van der Waals surface area contributed by atoms with Gasteiger partial charge in [-0.3, -0.25) is 9.78 Å². The molecule has 0 unspecified atom stereocenters. The summed E-state index contributed by atoms with van der Waals surface area (Å²) in [5.74, 6) is -0.109. The number of aromatic nitrogens is 1. The lowest BCUT2D eigenvalue weighted by Crippen LogP contribution is -2.31. The Morgan fingerprint density at radius 1 is 0.962 bits per heavy atom. The molecular formula is C22H23N3O. The van der Waals surface area contributed by atoms with Crippen molar-refractivity contribution >= 4 is 23.0 Å². The molecule has 0 aliphatic carbocycles. The zero-order valence-electron chi connectivity index (χ0n) is 15.4. The van der Waals surface area contributed by atoms with Gasteiger partial charge in [-0.1, -0.05) is 24.3 Å². The second kappa shape index (κ2) is 7.83. The Morgan fingerprint density at radius 3 is 2.38 bits per heavy atom. The summed E-state index contributed by atoms with van der Waals surface area (Å²) in [7, 11) is 0. The highest BCUT2D eigenvalue weighted by Crippen LogP contribution is 2.21. The van der Waals surface area contributed by atoms with Gasteiger partial charge in [0, 0.05) is 29.8 Å². The molecule has 1 N–H and O–H groups in total. The lowest BCUT2D eigenvalue weighted by molar-refractivity contribution is 0.0983. The topological polar surface area (TPSA) is 45.2 Å². The molecule has 0 aliphatic heterocycles. The van der Waals surface area contributed by atoms with Gasteiger partial charge in [-0.05, 0) is 68.3 Å². The van der Waals surface area contributed by atoms with Crippen LogP contribution in [0.25, 0.3) is 0 Å². The summed E-state index contributed by atoms with van der Waals surface area (Å²) in [5.41, 5.74) is 5.60. The van der Waals surface area contributed by atoms with Crippen molar-refractivity contribution < 1.29 is 4.79 Å². The van der Waals surface area contributed by atoms with Crippen molar-refractivity contribution in [1.29, 1.82) is 0 Å². The van der Waals surface area contributed by atoms with Gasteiger partial charge in [0.15, 0.2) is 0 Å². The highest BCUT2D eigenvalue weighted by Gasteiger charge is 2.17. The summed E-state index contributed by atoms with van der Waals surface area (Å²) < 4.78 is 0. The molecule has 1 heterocycles. The van der Waals surface area contributed by atoms with Gasteiger partial charge < -0.3 is 10.2 Å². The van der Waals surface area contributed by atoms with E-state index < -0.39 is 0 Å². The maximum absolute atomic E-state index is 12.9. The highest BCUT2D eigenvalue weighted by molar-refractivity contribution is 6.05. The van der Waals surface area contributed by atoms with Crippen LogP contribution in [0.15, 0.2) is 66.9 Å². The second-order valence-corrected chi connectivity index (χ2v) is 6.24. The summed E-state index contributed by atoms with van der Waals surface area (Å²) >= 11 is 0. The fourth-order valence-electron chi connectivity index (χ4n) is 2.80. The monoisotopic (exact) mass is 345 g/mol. The number of nitrogens with one attached hydrogen (secondary N) is 1. The number of nitrogens with zero attached hydrogens (tertiary/aromatic N) is 2. The number of hydrogen-bond donors (Lipinski definition) is 1. The molecule has 132 valence electrons. The molecule has 3 rings (SSSR count). The van der Waals surface area contributed by atoms with E-state index in [1.807, 2.05) is 49.4 Å². The minimum absolute atomic E-state index is 0.109. The van der Waals surface area contributed by atoms with Crippen LogP contribution in [0, 0.1) is 13.8 Å². The van der Waals surface area contributed by atoms with Crippen LogP contribution < -0.4 is 10.2 Å². The SMILES string of the molecule is CCN(C(=O)c1cc(Nc2ccc(C)c(C)c2)ccn1)c1ccccc1. The third-order valence-corrected chi connectivity index (χ3v) is 4.40. The Kier molecular flexibility index (Phi) is 5.32. The van der Waals surface area contributed by atoms with E-state index in [1.54, 1.807) is 17.2 Å². The number of rotatable bonds is 5. The molecule has 4 nitrogen and oxygen atoms in total. The fraction of sp³-hybridized carbons (Fsp3) is 0.182. The maximum atomic E-state index is 12.9. The largest absolute Gasteiger partial charge is 0.355 e. The number of amides is 1. The van der Waals surface area contributed by atoms with E-state index in [1.165, 1.54) is 11.1 Å². The van der Waals surface area contributed by atoms with Gasteiger partial charge in [-0.15, -0.1) is 0 Å². The molecule has 1 aromatic heterocycles. The van der Waals surface area contributed by atoms with Crippen LogP contribution in [0.5, 0.6) is 0 Å². The van der Waals surface area contributed by atoms with Gasteiger partial charge in [0.2, 0.25) is 0 Å². The Labute approximate surface area is 154 Å². The Balaban J connectivity index is 1.84. The van der Waals surface area contributed by atoms with E-state index in [2.05, 4.69) is 36.3 Å². The molecule has 0 saturated carbocycles. The van der Waals surface area contributed by atoms with E-state index in [9.17, 15) is 4.79 Å². The number of anilines is 3. The van der Waals surface area contributed by atoms with Crippen LogP contribution in [0.1, 0.15) is 28.5 Å². The van der Waals surface area contributed by atoms with Crippen LogP contribution in [0.2, 0.25) is 0 Å². The summed E-state index contributed by atoms with van der Waals surface area (Å²) in [5, 5.41) is 3.35. The quantitative estimate of drug-likeness (QED) is 0.699. The average molecular weight is 345 g/mol. The standard InChI is InChI=1S/C22H23N3O/c1-4-25(20-8-6-5-7-9-20)22(26)21-15-19(12-13-23-21)24-18-11-10-16(2)17(3)14-18/h5-15H,4H2,1-3H3,(H,23,24). The van der Waals surface area contributed by atoms with Crippen molar-refractivity contribution in [2.75, 3.05) is 16.8 Å². The van der Waals surface area contributed by atoms with Crippen molar-refractivity contribution in [1.82, 2.24) is 4.98 Å². The number of carbonyl (C=O) groups is 1. The molecule has 0 atom stereocenters. The molecule has 0 bridgehead atoms. The number of para-hydroxylation sites is 1. The predicted molar refractivity (Wildman–Crippen MR) is 107 cm³/mol. The second-order valence-electron chi connectivity index (χ2n) is 6.24. The molecule has 0 aliphatic rings. The zero-order valence-corrected chi connectivity index (χ0v) is 15.4. The molecular weight excluding hydrogens is 322 g/mol. The van der Waals surface area contributed by atoms with Gasteiger partial charge in [0.25, 0.3) is 5.91 Å². The van der Waals surface area contributed by atoms with Gasteiger partial charge in [-0.2, -0.15) is 0 Å². The van der Waals surface area contributed by atoms with Crippen LogP contribution in [-0.4, -0.2) is 17.4 Å². The number of benzene rings is 2. The predicted octanol–water partition coefficient (Wildman–Crippen LogP) is 5.11. The molecule has 0 saturated heterocycles. The molecule has 4 heteroatoms. The van der Waals surface area contributed by atoms with E-state index in [-0.39, 0.29) is 5.91 Å². The Bertz CT molecular complexity index is 906. The summed E-state index contributed by atoms with van der Waals surface area (Å²) in [6.45, 7) is 6.72. The van der Waals surface area contributed by atoms with Gasteiger partial charge in [0.05, 0.1) is 0 Å². The molecule has 0 spiro atoms. The van der Waals surface area contributed by atoms with Crippen molar-refractivity contribution in [3.05, 3.63) is 83.7 Å². The molecule has 1 amide bonds. The third kappa shape index (κ3) is 3.91. The smallest absolute Gasteiger partial charge is 0.276 e. The Morgan fingerprint density at radius 2 is 1.69 bits per heavy atom. The first-order chi connectivity index (χ1) is 12.6. The first-order valence-electron chi connectivity index (χ1n) is 8.75. The summed E-state index contributed by atoms with van der Waals surface area (Å²) in [4.78, 5) is 18.9. The zero-order chi connectivity index (χ0) is 18.5. The van der Waals surface area contributed by atoms with Crippen molar-refractivity contribution in [3.63, 3.8) is 0 Å². The molecule has 0 radical (unpaired) electrons. The molecule has 3 aromatic rings. The number of carbonyl (C=O) groups excluding carboxylic acids is 1. The molecule has 26 heavy (non-hydrogen) atoms. The number of hydrogen-bond acceptors (Lipinski definition) is 3. The first-order valence-corrected chi connectivity index (χ1v) is 8.75. The van der Waals surface area contributed by atoms with Crippen molar-refractivity contribution in [3.8, 4) is 0 Å². The van der Waals surface area contributed by atoms with E-state index in [0.717, 1.165) is 17.1 Å². The minimum Gasteiger partial charge on any atom is -0.355 e. The first kappa shape index (κ1) is 17.7. The van der Waals surface area contributed by atoms with Crippen LogP contribution in [0.4, 0.5) is 17.1 Å². The van der Waals surface area contributed by atoms with Crippen molar-refractivity contribution in [2.45, 2.75) is 20.8 Å². The van der Waals surface area contributed by atoms with E-state index >= 15 is 0 Å². The van der Waals surface area contributed by atoms with Crippen LogP contribution >= 0.6 is 0 Å². The van der Waals surface area contributed by atoms with Crippen LogP contribution in [-0.2, 0) is 0 Å².